The quantitative estimate of drug-likeness (QED) is 0.635. The molecule has 166 valence electrons. The van der Waals surface area contributed by atoms with E-state index in [1.54, 1.807) is 29.2 Å². The van der Waals surface area contributed by atoms with Crippen molar-refractivity contribution < 1.29 is 18.4 Å². The van der Waals surface area contributed by atoms with Crippen LogP contribution in [0.3, 0.4) is 0 Å². The molecule has 0 saturated carbocycles. The number of rotatable bonds is 7. The Balaban J connectivity index is 1.67. The van der Waals surface area contributed by atoms with E-state index in [0.29, 0.717) is 24.9 Å². The summed E-state index contributed by atoms with van der Waals surface area (Å²) >= 11 is 0. The Bertz CT molecular complexity index is 889. The van der Waals surface area contributed by atoms with Crippen molar-refractivity contribution in [1.29, 1.82) is 0 Å². The van der Waals surface area contributed by atoms with Crippen LogP contribution in [-0.4, -0.2) is 29.9 Å². The van der Waals surface area contributed by atoms with Crippen molar-refractivity contribution in [3.05, 3.63) is 71.3 Å². The van der Waals surface area contributed by atoms with Gasteiger partial charge in [0.1, 0.15) is 11.6 Å². The Kier molecular flexibility index (Phi) is 7.98. The molecule has 7 heteroatoms. The van der Waals surface area contributed by atoms with Gasteiger partial charge < -0.3 is 15.5 Å². The molecule has 1 heterocycles. The minimum absolute atomic E-state index is 0.159. The van der Waals surface area contributed by atoms with Crippen LogP contribution in [0.4, 0.5) is 13.6 Å². The first-order chi connectivity index (χ1) is 15.0. The summed E-state index contributed by atoms with van der Waals surface area (Å²) in [4.78, 5) is 27.3. The van der Waals surface area contributed by atoms with E-state index in [2.05, 4.69) is 10.6 Å². The molecule has 5 nitrogen and oxygen atoms in total. The third-order valence-electron chi connectivity index (χ3n) is 5.63. The second-order valence-corrected chi connectivity index (χ2v) is 7.93. The van der Waals surface area contributed by atoms with Gasteiger partial charge in [0.25, 0.3) is 0 Å². The number of piperidine rings is 1. The second-order valence-electron chi connectivity index (χ2n) is 7.93. The fourth-order valence-electron chi connectivity index (χ4n) is 3.89. The highest BCUT2D eigenvalue weighted by Crippen LogP contribution is 2.33. The van der Waals surface area contributed by atoms with Gasteiger partial charge in [-0.15, -0.1) is 0 Å². The number of hydrogen-bond acceptors (Lipinski definition) is 2. The number of nitrogens with zero attached hydrogens (tertiary/aromatic N) is 1. The van der Waals surface area contributed by atoms with Crippen LogP contribution in [0.1, 0.15) is 49.8 Å². The number of halogens is 2. The molecule has 0 bridgehead atoms. The molecule has 2 aromatic carbocycles. The fourth-order valence-corrected chi connectivity index (χ4v) is 3.89. The van der Waals surface area contributed by atoms with Gasteiger partial charge >= 0.3 is 6.03 Å². The maximum atomic E-state index is 13.4. The highest BCUT2D eigenvalue weighted by molar-refractivity contribution is 5.81. The molecule has 0 aliphatic carbocycles. The second kappa shape index (κ2) is 10.9. The van der Waals surface area contributed by atoms with E-state index >= 15 is 0 Å². The van der Waals surface area contributed by atoms with Crippen molar-refractivity contribution in [2.45, 2.75) is 45.2 Å². The van der Waals surface area contributed by atoms with Crippen molar-refractivity contribution in [3.8, 4) is 0 Å². The highest BCUT2D eigenvalue weighted by Gasteiger charge is 2.35. The summed E-state index contributed by atoms with van der Waals surface area (Å²) in [5.74, 6) is -1.19. The molecule has 1 aliphatic rings. The van der Waals surface area contributed by atoms with Gasteiger partial charge in [-0.1, -0.05) is 37.6 Å². The maximum absolute atomic E-state index is 13.4. The van der Waals surface area contributed by atoms with E-state index in [9.17, 15) is 18.4 Å². The van der Waals surface area contributed by atoms with Gasteiger partial charge in [0.15, 0.2) is 0 Å². The molecule has 1 aliphatic heterocycles. The number of likely N-dealkylation sites (tertiary alicyclic amines) is 1. The van der Waals surface area contributed by atoms with Gasteiger partial charge in [0.05, 0.1) is 12.0 Å². The predicted molar refractivity (Wildman–Crippen MR) is 115 cm³/mol. The van der Waals surface area contributed by atoms with Crippen LogP contribution in [0, 0.1) is 17.6 Å². The van der Waals surface area contributed by atoms with Crippen molar-refractivity contribution in [1.82, 2.24) is 15.5 Å². The third-order valence-corrected chi connectivity index (χ3v) is 5.63. The first kappa shape index (κ1) is 22.7. The molecule has 2 aromatic rings. The summed E-state index contributed by atoms with van der Waals surface area (Å²) in [5.41, 5.74) is 1.54. The van der Waals surface area contributed by atoms with E-state index in [4.69, 9.17) is 0 Å². The van der Waals surface area contributed by atoms with Crippen LogP contribution >= 0.6 is 0 Å². The van der Waals surface area contributed by atoms with Gasteiger partial charge in [-0.2, -0.15) is 0 Å². The lowest BCUT2D eigenvalue weighted by Gasteiger charge is -2.39. The van der Waals surface area contributed by atoms with E-state index in [1.165, 1.54) is 24.3 Å². The van der Waals surface area contributed by atoms with Gasteiger partial charge in [-0.3, -0.25) is 4.79 Å². The number of urea groups is 1. The van der Waals surface area contributed by atoms with E-state index in [-0.39, 0.29) is 48.6 Å². The number of amides is 3. The van der Waals surface area contributed by atoms with Crippen molar-refractivity contribution in [2.24, 2.45) is 5.92 Å². The van der Waals surface area contributed by atoms with Crippen LogP contribution in [0.15, 0.2) is 48.5 Å². The number of benzene rings is 2. The summed E-state index contributed by atoms with van der Waals surface area (Å²) in [6.07, 6.45) is 3.05. The van der Waals surface area contributed by atoms with Gasteiger partial charge in [0, 0.05) is 19.6 Å². The van der Waals surface area contributed by atoms with Crippen LogP contribution < -0.4 is 10.6 Å². The van der Waals surface area contributed by atoms with E-state index in [1.807, 2.05) is 6.92 Å². The summed E-state index contributed by atoms with van der Waals surface area (Å²) in [7, 11) is 0. The van der Waals surface area contributed by atoms with Gasteiger partial charge in [-0.25, -0.2) is 13.6 Å². The molecule has 0 radical (unpaired) electrons. The Morgan fingerprint density at radius 1 is 1.03 bits per heavy atom. The Morgan fingerprint density at radius 2 is 1.81 bits per heavy atom. The lowest BCUT2D eigenvalue weighted by Crippen LogP contribution is -2.50. The summed E-state index contributed by atoms with van der Waals surface area (Å²) < 4.78 is 26.7. The number of hydrogen-bond donors (Lipinski definition) is 2. The largest absolute Gasteiger partial charge is 0.352 e. The maximum Gasteiger partial charge on any atom is 0.317 e. The third kappa shape index (κ3) is 6.26. The zero-order valence-electron chi connectivity index (χ0n) is 17.7. The van der Waals surface area contributed by atoms with Crippen molar-refractivity contribution in [3.63, 3.8) is 0 Å². The Labute approximate surface area is 181 Å². The smallest absolute Gasteiger partial charge is 0.317 e. The van der Waals surface area contributed by atoms with Crippen LogP contribution in [0.2, 0.25) is 0 Å². The highest BCUT2D eigenvalue weighted by atomic mass is 19.1. The fraction of sp³-hybridized carbons (Fsp3) is 0.417. The van der Waals surface area contributed by atoms with Crippen LogP contribution in [-0.2, 0) is 11.3 Å². The van der Waals surface area contributed by atoms with E-state index < -0.39 is 0 Å². The molecule has 31 heavy (non-hydrogen) atoms. The van der Waals surface area contributed by atoms with E-state index in [0.717, 1.165) is 18.4 Å². The standard InChI is InChI=1S/C24H29F2N3O2/c1-2-3-13-27-24(31)29-16-19(9-12-22(29)18-7-10-20(25)11-8-18)23(30)28-15-17-5-4-6-21(26)14-17/h4-8,10-11,14,19,22H,2-3,9,12-13,15-16H2,1H3,(H,27,31)(H,28,30)/t19-,22-/m1/s1. The first-order valence-electron chi connectivity index (χ1n) is 10.8. The zero-order valence-corrected chi connectivity index (χ0v) is 17.7. The minimum atomic E-state index is -0.359. The predicted octanol–water partition coefficient (Wildman–Crippen LogP) is 4.54. The van der Waals surface area contributed by atoms with Crippen LogP contribution in [0.25, 0.3) is 0 Å². The molecule has 0 unspecified atom stereocenters. The molecule has 3 amide bonds. The van der Waals surface area contributed by atoms with Gasteiger partial charge in [-0.05, 0) is 54.7 Å². The lowest BCUT2D eigenvalue weighted by atomic mass is 9.88. The molecular formula is C24H29F2N3O2. The van der Waals surface area contributed by atoms with Crippen LogP contribution in [0.5, 0.6) is 0 Å². The molecule has 0 aromatic heterocycles. The molecule has 1 fully saturated rings. The van der Waals surface area contributed by atoms with Crippen molar-refractivity contribution in [2.75, 3.05) is 13.1 Å². The molecular weight excluding hydrogens is 400 g/mol. The Hall–Kier alpha value is -2.96. The summed E-state index contributed by atoms with van der Waals surface area (Å²) in [5, 5.41) is 5.78. The topological polar surface area (TPSA) is 61.4 Å². The number of carbonyl (C=O) groups is 2. The minimum Gasteiger partial charge on any atom is -0.352 e. The molecule has 2 atom stereocenters. The molecule has 1 saturated heterocycles. The molecule has 3 rings (SSSR count). The summed E-state index contributed by atoms with van der Waals surface area (Å²) in [6, 6.07) is 11.8. The Morgan fingerprint density at radius 3 is 2.52 bits per heavy atom. The average Bonchev–Trinajstić information content (AvgIpc) is 2.78. The average molecular weight is 430 g/mol. The normalized spacial score (nSPS) is 18.5. The first-order valence-corrected chi connectivity index (χ1v) is 10.8. The number of unbranched alkanes of at least 4 members (excludes halogenated alkanes) is 1. The van der Waals surface area contributed by atoms with Gasteiger partial charge in [0.2, 0.25) is 5.91 Å². The SMILES string of the molecule is CCCCNC(=O)N1C[C@H](C(=O)NCc2cccc(F)c2)CC[C@@H]1c1ccc(F)cc1. The lowest BCUT2D eigenvalue weighted by molar-refractivity contribution is -0.126. The number of nitrogens with one attached hydrogen (secondary N) is 2. The van der Waals surface area contributed by atoms with Crippen molar-refractivity contribution >= 4 is 11.9 Å². The zero-order chi connectivity index (χ0) is 22.2. The number of carbonyl (C=O) groups excluding carboxylic acids is 2. The summed E-state index contributed by atoms with van der Waals surface area (Å²) in [6.45, 7) is 3.12. The molecule has 2 N–H and O–H groups in total. The monoisotopic (exact) mass is 429 g/mol. The molecule has 0 spiro atoms.